The summed E-state index contributed by atoms with van der Waals surface area (Å²) in [6.45, 7) is 8.60. The number of anilines is 1. The van der Waals surface area contributed by atoms with Gasteiger partial charge in [0.05, 0.1) is 12.2 Å². The van der Waals surface area contributed by atoms with Crippen molar-refractivity contribution in [2.45, 2.75) is 32.6 Å². The standard InChI is InChI=1S/C21H29N3O2/c1-17-15-24(16-18(2)26-17)12-13-25-21-10-8-19(9-11-21)14-22-23-20-6-4-3-5-7-20/h3-11,17-18,22-23H,12-16H2,1-2H3. The summed E-state index contributed by atoms with van der Waals surface area (Å²) in [5.74, 6) is 0.916. The fourth-order valence-corrected chi connectivity index (χ4v) is 3.23. The van der Waals surface area contributed by atoms with Crippen LogP contribution in [0, 0.1) is 0 Å². The molecule has 1 aliphatic rings. The molecule has 0 bridgehead atoms. The highest BCUT2D eigenvalue weighted by Gasteiger charge is 2.21. The third kappa shape index (κ3) is 6.02. The minimum absolute atomic E-state index is 0.301. The lowest BCUT2D eigenvalue weighted by Crippen LogP contribution is -2.46. The van der Waals surface area contributed by atoms with E-state index >= 15 is 0 Å². The van der Waals surface area contributed by atoms with Gasteiger partial charge in [0.1, 0.15) is 12.4 Å². The van der Waals surface area contributed by atoms with E-state index in [-0.39, 0.29) is 0 Å². The van der Waals surface area contributed by atoms with Crippen molar-refractivity contribution in [1.82, 2.24) is 10.3 Å². The van der Waals surface area contributed by atoms with Crippen LogP contribution in [0.25, 0.3) is 0 Å². The quantitative estimate of drug-likeness (QED) is 0.712. The second-order valence-corrected chi connectivity index (χ2v) is 6.85. The molecule has 1 saturated heterocycles. The first-order chi connectivity index (χ1) is 12.7. The van der Waals surface area contributed by atoms with Crippen LogP contribution >= 0.6 is 0 Å². The minimum atomic E-state index is 0.301. The molecule has 140 valence electrons. The van der Waals surface area contributed by atoms with Gasteiger partial charge >= 0.3 is 0 Å². The highest BCUT2D eigenvalue weighted by molar-refractivity contribution is 5.41. The fourth-order valence-electron chi connectivity index (χ4n) is 3.23. The van der Waals surface area contributed by atoms with E-state index in [1.54, 1.807) is 0 Å². The van der Waals surface area contributed by atoms with Crippen molar-refractivity contribution in [3.8, 4) is 5.75 Å². The third-order valence-corrected chi connectivity index (χ3v) is 4.39. The maximum Gasteiger partial charge on any atom is 0.119 e. The number of hydrogen-bond acceptors (Lipinski definition) is 5. The van der Waals surface area contributed by atoms with E-state index in [0.717, 1.165) is 37.6 Å². The molecule has 1 fully saturated rings. The average molecular weight is 355 g/mol. The fraction of sp³-hybridized carbons (Fsp3) is 0.429. The van der Waals surface area contributed by atoms with Gasteiger partial charge in [-0.3, -0.25) is 4.90 Å². The highest BCUT2D eigenvalue weighted by Crippen LogP contribution is 2.14. The van der Waals surface area contributed by atoms with Crippen LogP contribution in [-0.2, 0) is 11.3 Å². The molecule has 0 radical (unpaired) electrons. The van der Waals surface area contributed by atoms with E-state index in [9.17, 15) is 0 Å². The molecule has 0 aromatic heterocycles. The van der Waals surface area contributed by atoms with E-state index in [0.29, 0.717) is 18.8 Å². The number of rotatable bonds is 8. The topological polar surface area (TPSA) is 45.8 Å². The summed E-state index contributed by atoms with van der Waals surface area (Å²) in [5, 5.41) is 0. The summed E-state index contributed by atoms with van der Waals surface area (Å²) in [6.07, 6.45) is 0.602. The lowest BCUT2D eigenvalue weighted by atomic mass is 10.2. The molecule has 2 atom stereocenters. The molecule has 0 amide bonds. The number of nitrogens with one attached hydrogen (secondary N) is 2. The number of benzene rings is 2. The SMILES string of the molecule is CC1CN(CCOc2ccc(CNNc3ccccc3)cc2)CC(C)O1. The average Bonchev–Trinajstić information content (AvgIpc) is 2.63. The molecule has 5 heteroatoms. The molecule has 1 heterocycles. The second kappa shape index (κ2) is 9.57. The van der Waals surface area contributed by atoms with Crippen molar-refractivity contribution in [3.63, 3.8) is 0 Å². The van der Waals surface area contributed by atoms with Crippen LogP contribution in [0.15, 0.2) is 54.6 Å². The Morgan fingerprint density at radius 2 is 1.69 bits per heavy atom. The van der Waals surface area contributed by atoms with Crippen LogP contribution < -0.4 is 15.6 Å². The number of morpholine rings is 1. The van der Waals surface area contributed by atoms with Crippen molar-refractivity contribution < 1.29 is 9.47 Å². The smallest absolute Gasteiger partial charge is 0.119 e. The van der Waals surface area contributed by atoms with Gasteiger partial charge in [-0.2, -0.15) is 0 Å². The predicted molar refractivity (Wildman–Crippen MR) is 105 cm³/mol. The zero-order valence-electron chi connectivity index (χ0n) is 15.7. The zero-order valence-corrected chi connectivity index (χ0v) is 15.7. The summed E-state index contributed by atoms with van der Waals surface area (Å²) in [5.41, 5.74) is 8.67. The molecule has 1 aliphatic heterocycles. The maximum atomic E-state index is 5.89. The number of ether oxygens (including phenoxy) is 2. The Morgan fingerprint density at radius 1 is 1.00 bits per heavy atom. The largest absolute Gasteiger partial charge is 0.492 e. The molecular formula is C21H29N3O2. The van der Waals surface area contributed by atoms with Gasteiger partial charge in [0.2, 0.25) is 0 Å². The van der Waals surface area contributed by atoms with Gasteiger partial charge in [0.25, 0.3) is 0 Å². The summed E-state index contributed by atoms with van der Waals surface area (Å²) in [7, 11) is 0. The van der Waals surface area contributed by atoms with Gasteiger partial charge in [-0.05, 0) is 43.7 Å². The van der Waals surface area contributed by atoms with Crippen molar-refractivity contribution in [1.29, 1.82) is 0 Å². The minimum Gasteiger partial charge on any atom is -0.492 e. The third-order valence-electron chi connectivity index (χ3n) is 4.39. The molecule has 3 rings (SSSR count). The Kier molecular flexibility index (Phi) is 6.89. The molecule has 0 spiro atoms. The molecule has 2 N–H and O–H groups in total. The van der Waals surface area contributed by atoms with Crippen LogP contribution in [0.4, 0.5) is 5.69 Å². The lowest BCUT2D eigenvalue weighted by molar-refractivity contribution is -0.0699. The molecule has 0 saturated carbocycles. The van der Waals surface area contributed by atoms with E-state index in [4.69, 9.17) is 9.47 Å². The van der Waals surface area contributed by atoms with Crippen LogP contribution in [0.2, 0.25) is 0 Å². The van der Waals surface area contributed by atoms with Gasteiger partial charge in [-0.15, -0.1) is 0 Å². The van der Waals surface area contributed by atoms with Crippen molar-refractivity contribution in [2.75, 3.05) is 31.7 Å². The predicted octanol–water partition coefficient (Wildman–Crippen LogP) is 3.29. The number of nitrogens with zero attached hydrogens (tertiary/aromatic N) is 1. The maximum absolute atomic E-state index is 5.89. The molecule has 0 aliphatic carbocycles. The monoisotopic (exact) mass is 355 g/mol. The first kappa shape index (κ1) is 18.7. The molecule has 26 heavy (non-hydrogen) atoms. The zero-order chi connectivity index (χ0) is 18.2. The first-order valence-corrected chi connectivity index (χ1v) is 9.32. The van der Waals surface area contributed by atoms with Crippen molar-refractivity contribution in [2.24, 2.45) is 0 Å². The van der Waals surface area contributed by atoms with Crippen LogP contribution in [-0.4, -0.2) is 43.3 Å². The second-order valence-electron chi connectivity index (χ2n) is 6.85. The summed E-state index contributed by atoms with van der Waals surface area (Å²) in [4.78, 5) is 2.41. The van der Waals surface area contributed by atoms with E-state index < -0.39 is 0 Å². The number of hydrogen-bond donors (Lipinski definition) is 2. The molecule has 2 unspecified atom stereocenters. The van der Waals surface area contributed by atoms with E-state index in [1.165, 1.54) is 5.56 Å². The number of para-hydroxylation sites is 1. The molecule has 2 aromatic rings. The number of hydrazine groups is 1. The van der Waals surface area contributed by atoms with Crippen LogP contribution in [0.5, 0.6) is 5.75 Å². The summed E-state index contributed by atoms with van der Waals surface area (Å²) in [6, 6.07) is 18.3. The molecule has 5 nitrogen and oxygen atoms in total. The first-order valence-electron chi connectivity index (χ1n) is 9.32. The lowest BCUT2D eigenvalue weighted by Gasteiger charge is -2.35. The summed E-state index contributed by atoms with van der Waals surface area (Å²) >= 11 is 0. The van der Waals surface area contributed by atoms with E-state index in [1.807, 2.05) is 42.5 Å². The Morgan fingerprint density at radius 3 is 2.38 bits per heavy atom. The van der Waals surface area contributed by atoms with Gasteiger partial charge < -0.3 is 14.9 Å². The van der Waals surface area contributed by atoms with Crippen LogP contribution in [0.3, 0.4) is 0 Å². The van der Waals surface area contributed by atoms with Gasteiger partial charge in [-0.25, -0.2) is 5.43 Å². The van der Waals surface area contributed by atoms with E-state index in [2.05, 4.69) is 41.7 Å². The van der Waals surface area contributed by atoms with Crippen molar-refractivity contribution >= 4 is 5.69 Å². The normalized spacial score (nSPS) is 20.7. The van der Waals surface area contributed by atoms with Crippen molar-refractivity contribution in [3.05, 3.63) is 60.2 Å². The Hall–Kier alpha value is -2.08. The van der Waals surface area contributed by atoms with Gasteiger partial charge in [0.15, 0.2) is 0 Å². The molecule has 2 aromatic carbocycles. The van der Waals surface area contributed by atoms with Gasteiger partial charge in [-0.1, -0.05) is 30.3 Å². The molecular weight excluding hydrogens is 326 g/mol. The van der Waals surface area contributed by atoms with Gasteiger partial charge in [0, 0.05) is 31.9 Å². The highest BCUT2D eigenvalue weighted by atomic mass is 16.5. The Bertz CT molecular complexity index is 638. The van der Waals surface area contributed by atoms with Crippen LogP contribution in [0.1, 0.15) is 19.4 Å². The Balaban J connectivity index is 1.36. The Labute approximate surface area is 156 Å². The summed E-state index contributed by atoms with van der Waals surface area (Å²) < 4.78 is 11.7.